The predicted octanol–water partition coefficient (Wildman–Crippen LogP) is 10.6. The van der Waals surface area contributed by atoms with E-state index in [1.54, 1.807) is 12.5 Å². The number of rotatable bonds is 7. The van der Waals surface area contributed by atoms with Crippen LogP contribution in [0.3, 0.4) is 0 Å². The SMILES string of the molecule is CCC1=Cc2c(-c3ccco3)cccc2[CH]1[Zr]([Cl])([Cl])([CH]1C(CC)=Cc2c(-c3ccco3)cccc21)[SiH](C)C. The molecule has 2 unspecified atom stereocenters. The summed E-state index contributed by atoms with van der Waals surface area (Å²) in [4.78, 5) is 0. The number of fused-ring (bicyclic) bond motifs is 2. The van der Waals surface area contributed by atoms with Gasteiger partial charge in [0.2, 0.25) is 0 Å². The van der Waals surface area contributed by atoms with Crippen LogP contribution in [0.15, 0.2) is 93.2 Å². The van der Waals surface area contributed by atoms with Crippen molar-refractivity contribution in [2.75, 3.05) is 0 Å². The van der Waals surface area contributed by atoms with E-state index in [2.05, 4.69) is 75.5 Å². The first kappa shape index (κ1) is 26.4. The minimum atomic E-state index is -4.72. The Morgan fingerprint density at radius 3 is 1.47 bits per heavy atom. The molecule has 0 N–H and O–H groups in total. The Morgan fingerprint density at radius 1 is 0.684 bits per heavy atom. The van der Waals surface area contributed by atoms with E-state index >= 15 is 0 Å². The number of hydrogen-bond donors (Lipinski definition) is 0. The van der Waals surface area contributed by atoms with E-state index in [0.29, 0.717) is 0 Å². The molecule has 195 valence electrons. The van der Waals surface area contributed by atoms with Crippen molar-refractivity contribution in [1.82, 2.24) is 0 Å². The number of halogens is 2. The third-order valence-electron chi connectivity index (χ3n) is 8.90. The van der Waals surface area contributed by atoms with Gasteiger partial charge in [0, 0.05) is 0 Å². The first-order valence-electron chi connectivity index (χ1n) is 13.6. The first-order valence-corrected chi connectivity index (χ1v) is 29.9. The number of hydrogen-bond acceptors (Lipinski definition) is 2. The molecule has 38 heavy (non-hydrogen) atoms. The first-order chi connectivity index (χ1) is 18.3. The summed E-state index contributed by atoms with van der Waals surface area (Å²) in [5.41, 5.74) is 10.0. The monoisotopic (exact) mass is 637 g/mol. The van der Waals surface area contributed by atoms with Crippen LogP contribution in [0.5, 0.6) is 0 Å². The fourth-order valence-electron chi connectivity index (χ4n) is 6.97. The molecule has 2 aromatic heterocycles. The van der Waals surface area contributed by atoms with Crippen LogP contribution >= 0.6 is 17.0 Å². The molecule has 0 saturated carbocycles. The molecule has 2 atom stereocenters. The van der Waals surface area contributed by atoms with Gasteiger partial charge in [0.05, 0.1) is 0 Å². The molecule has 6 rings (SSSR count). The molecule has 0 fully saturated rings. The number of benzene rings is 2. The van der Waals surface area contributed by atoms with Gasteiger partial charge < -0.3 is 0 Å². The summed E-state index contributed by atoms with van der Waals surface area (Å²) in [5.74, 6) is 0.188. The van der Waals surface area contributed by atoms with Crippen LogP contribution in [0.4, 0.5) is 0 Å². The molecule has 2 nitrogen and oxygen atoms in total. The van der Waals surface area contributed by atoms with Crippen LogP contribution in [0, 0.1) is 0 Å². The van der Waals surface area contributed by atoms with Gasteiger partial charge in [-0.3, -0.25) is 0 Å². The summed E-state index contributed by atoms with van der Waals surface area (Å²) in [5, 5.41) is 0. The van der Waals surface area contributed by atoms with Crippen molar-refractivity contribution < 1.29 is 24.4 Å². The van der Waals surface area contributed by atoms with Gasteiger partial charge in [-0.25, -0.2) is 0 Å². The van der Waals surface area contributed by atoms with Gasteiger partial charge in [0.1, 0.15) is 0 Å². The Bertz CT molecular complexity index is 1450. The van der Waals surface area contributed by atoms with Crippen molar-refractivity contribution in [3.63, 3.8) is 0 Å². The van der Waals surface area contributed by atoms with E-state index in [1.165, 1.54) is 33.4 Å². The van der Waals surface area contributed by atoms with E-state index in [9.17, 15) is 0 Å². The zero-order valence-electron chi connectivity index (χ0n) is 22.3. The Morgan fingerprint density at radius 2 is 1.13 bits per heavy atom. The van der Waals surface area contributed by atoms with Gasteiger partial charge >= 0.3 is 236 Å². The fraction of sp³-hybridized carbons (Fsp3) is 0.250. The van der Waals surface area contributed by atoms with Crippen molar-refractivity contribution in [3.05, 3.63) is 107 Å². The number of allylic oxidation sites excluding steroid dienone is 2. The molecule has 2 heterocycles. The van der Waals surface area contributed by atoms with Crippen molar-refractivity contribution in [1.29, 1.82) is 0 Å². The van der Waals surface area contributed by atoms with Crippen molar-refractivity contribution >= 4 is 35.1 Å². The summed E-state index contributed by atoms with van der Waals surface area (Å²) in [6, 6.07) is 21.1. The third kappa shape index (κ3) is 3.74. The Balaban J connectivity index is 1.60. The second-order valence-corrected chi connectivity index (χ2v) is 53.5. The molecular formula is C32H33Cl2O2SiZr. The molecule has 6 heteroatoms. The van der Waals surface area contributed by atoms with Crippen molar-refractivity contribution in [3.8, 4) is 22.6 Å². The second-order valence-electron chi connectivity index (χ2n) is 11.0. The zero-order valence-corrected chi connectivity index (χ0v) is 27.4. The van der Waals surface area contributed by atoms with Gasteiger partial charge in [-0.15, -0.1) is 0 Å². The molecule has 2 aromatic carbocycles. The van der Waals surface area contributed by atoms with Gasteiger partial charge in [0.15, 0.2) is 0 Å². The van der Waals surface area contributed by atoms with Crippen molar-refractivity contribution in [2.45, 2.75) is 47.0 Å². The summed E-state index contributed by atoms with van der Waals surface area (Å²) >= 11 is -4.72. The van der Waals surface area contributed by atoms with Crippen LogP contribution in [-0.4, -0.2) is 5.92 Å². The van der Waals surface area contributed by atoms with Crippen LogP contribution in [0.2, 0.25) is 13.1 Å². The van der Waals surface area contributed by atoms with Crippen LogP contribution in [0.25, 0.3) is 34.8 Å². The maximum absolute atomic E-state index is 8.41. The van der Waals surface area contributed by atoms with Gasteiger partial charge in [0.25, 0.3) is 0 Å². The fourth-order valence-corrected chi connectivity index (χ4v) is 38.8. The van der Waals surface area contributed by atoms with Gasteiger partial charge in [-0.2, -0.15) is 0 Å². The second kappa shape index (κ2) is 9.66. The van der Waals surface area contributed by atoms with Crippen LogP contribution in [-0.2, 0) is 15.6 Å². The van der Waals surface area contributed by atoms with Gasteiger partial charge in [-0.1, -0.05) is 0 Å². The minimum absolute atomic E-state index is 0.0829. The average molecular weight is 640 g/mol. The molecule has 2 aliphatic carbocycles. The average Bonchev–Trinajstić information content (AvgIpc) is 3.72. The number of furan rings is 2. The molecular weight excluding hydrogens is 607 g/mol. The van der Waals surface area contributed by atoms with E-state index in [0.717, 1.165) is 35.5 Å². The molecule has 0 saturated heterocycles. The molecule has 2 aliphatic rings. The van der Waals surface area contributed by atoms with Crippen molar-refractivity contribution in [2.24, 2.45) is 0 Å². The third-order valence-corrected chi connectivity index (χ3v) is 60.7. The summed E-state index contributed by atoms with van der Waals surface area (Å²) in [6.45, 7) is 9.29. The Kier molecular flexibility index (Phi) is 6.71. The van der Waals surface area contributed by atoms with E-state index in [1.807, 2.05) is 24.3 Å². The normalized spacial score (nSPS) is 19.6. The summed E-state index contributed by atoms with van der Waals surface area (Å²) < 4.78 is 11.9. The Hall–Kier alpha value is -1.84. The molecule has 0 aliphatic heterocycles. The van der Waals surface area contributed by atoms with Crippen LogP contribution < -0.4 is 0 Å². The van der Waals surface area contributed by atoms with Gasteiger partial charge in [-0.05, 0) is 0 Å². The molecule has 0 bridgehead atoms. The standard InChI is InChI=1S/2C15H13O.C2H7Si.2ClH.Zr/c2*1-2-11-9-12-5-3-6-13(14(12)10-11)15-7-4-8-16-15;1-3-2;;;/h2*3-10H,2H2,1H3;3H,1-2H3;2*1H;/q;;;;;+2/p-2. The maximum atomic E-state index is 8.41. The van der Waals surface area contributed by atoms with E-state index in [-0.39, 0.29) is 7.25 Å². The molecule has 4 aromatic rings. The Labute approximate surface area is 234 Å². The molecule has 0 spiro atoms. The predicted molar refractivity (Wildman–Crippen MR) is 161 cm³/mol. The quantitative estimate of drug-likeness (QED) is 0.188. The summed E-state index contributed by atoms with van der Waals surface area (Å²) in [6.07, 6.45) is 10.1. The summed E-state index contributed by atoms with van der Waals surface area (Å²) in [7, 11) is 16.8. The molecule has 0 radical (unpaired) electrons. The topological polar surface area (TPSA) is 26.3 Å². The zero-order chi connectivity index (χ0) is 26.7. The molecule has 0 amide bonds. The van der Waals surface area contributed by atoms with Crippen LogP contribution in [0.1, 0.15) is 56.2 Å². The van der Waals surface area contributed by atoms with E-state index in [4.69, 9.17) is 25.9 Å². The van der Waals surface area contributed by atoms with E-state index < -0.39 is 21.5 Å².